The fourth-order valence-electron chi connectivity index (χ4n) is 1.88. The summed E-state index contributed by atoms with van der Waals surface area (Å²) in [5, 5.41) is 9.76. The number of benzene rings is 1. The van der Waals surface area contributed by atoms with E-state index in [1.54, 1.807) is 0 Å². The van der Waals surface area contributed by atoms with E-state index in [-0.39, 0.29) is 6.61 Å². The van der Waals surface area contributed by atoms with Gasteiger partial charge in [-0.3, -0.25) is 0 Å². The Morgan fingerprint density at radius 2 is 2.35 bits per heavy atom. The van der Waals surface area contributed by atoms with Crippen LogP contribution in [-0.4, -0.2) is 24.1 Å². The highest BCUT2D eigenvalue weighted by molar-refractivity contribution is 7.98. The summed E-state index contributed by atoms with van der Waals surface area (Å²) in [5.74, 6) is 3.22. The minimum atomic E-state index is 0.247. The normalized spacial score (nSPS) is 15.5. The SMILES string of the molecule is CC(CO)CSCc1cc(Cl)cc2c1OCC2. The van der Waals surface area contributed by atoms with E-state index in [0.717, 1.165) is 35.3 Å². The second-order valence-electron chi connectivity index (χ2n) is 4.45. The molecule has 0 bridgehead atoms. The third-order valence-corrected chi connectivity index (χ3v) is 4.34. The fourth-order valence-corrected chi connectivity index (χ4v) is 3.20. The van der Waals surface area contributed by atoms with Crippen LogP contribution in [0.25, 0.3) is 0 Å². The maximum Gasteiger partial charge on any atom is 0.126 e. The van der Waals surface area contributed by atoms with Gasteiger partial charge in [-0.2, -0.15) is 11.8 Å². The van der Waals surface area contributed by atoms with Gasteiger partial charge >= 0.3 is 0 Å². The van der Waals surface area contributed by atoms with Gasteiger partial charge in [0.05, 0.1) is 6.61 Å². The molecular formula is C13H17ClO2S. The van der Waals surface area contributed by atoms with E-state index in [2.05, 4.69) is 0 Å². The van der Waals surface area contributed by atoms with Crippen LogP contribution in [0.15, 0.2) is 12.1 Å². The largest absolute Gasteiger partial charge is 0.493 e. The molecule has 1 aromatic rings. The van der Waals surface area contributed by atoms with Crippen molar-refractivity contribution >= 4 is 23.4 Å². The first-order valence-corrected chi connectivity index (χ1v) is 7.36. The van der Waals surface area contributed by atoms with Crippen molar-refractivity contribution in [1.82, 2.24) is 0 Å². The number of fused-ring (bicyclic) bond motifs is 1. The van der Waals surface area contributed by atoms with E-state index in [4.69, 9.17) is 21.4 Å². The van der Waals surface area contributed by atoms with Crippen LogP contribution < -0.4 is 4.74 Å². The Kier molecular flexibility index (Phi) is 4.60. The van der Waals surface area contributed by atoms with Crippen molar-refractivity contribution in [2.24, 2.45) is 5.92 Å². The third kappa shape index (κ3) is 3.30. The average molecular weight is 273 g/mol. The minimum absolute atomic E-state index is 0.247. The van der Waals surface area contributed by atoms with Gasteiger partial charge in [-0.15, -0.1) is 0 Å². The van der Waals surface area contributed by atoms with E-state index in [1.165, 1.54) is 11.1 Å². The van der Waals surface area contributed by atoms with Gasteiger partial charge in [0.2, 0.25) is 0 Å². The lowest BCUT2D eigenvalue weighted by molar-refractivity contribution is 0.250. The Labute approximate surface area is 111 Å². The number of aliphatic hydroxyl groups excluding tert-OH is 1. The Hall–Kier alpha value is -0.380. The molecule has 4 heteroatoms. The molecule has 0 radical (unpaired) electrons. The minimum Gasteiger partial charge on any atom is -0.493 e. The van der Waals surface area contributed by atoms with Gasteiger partial charge in [0.25, 0.3) is 0 Å². The molecular weight excluding hydrogens is 256 g/mol. The number of hydrogen-bond acceptors (Lipinski definition) is 3. The predicted octanol–water partition coefficient (Wildman–Crippen LogP) is 3.14. The molecule has 94 valence electrons. The van der Waals surface area contributed by atoms with E-state index in [0.29, 0.717) is 5.92 Å². The number of rotatable bonds is 5. The number of halogens is 1. The molecule has 0 aromatic heterocycles. The summed E-state index contributed by atoms with van der Waals surface area (Å²) in [6.07, 6.45) is 0.959. The zero-order chi connectivity index (χ0) is 12.3. The van der Waals surface area contributed by atoms with E-state index >= 15 is 0 Å². The van der Waals surface area contributed by atoms with Crippen LogP contribution in [0.3, 0.4) is 0 Å². The average Bonchev–Trinajstić information content (AvgIpc) is 2.76. The molecule has 0 aliphatic carbocycles. The summed E-state index contributed by atoms with van der Waals surface area (Å²) in [6, 6.07) is 3.98. The molecule has 0 spiro atoms. The predicted molar refractivity (Wildman–Crippen MR) is 73.1 cm³/mol. The molecule has 0 saturated carbocycles. The molecule has 1 unspecified atom stereocenters. The smallest absolute Gasteiger partial charge is 0.126 e. The summed E-state index contributed by atoms with van der Waals surface area (Å²) in [4.78, 5) is 0. The van der Waals surface area contributed by atoms with Crippen LogP contribution in [0.2, 0.25) is 5.02 Å². The van der Waals surface area contributed by atoms with Crippen molar-refractivity contribution < 1.29 is 9.84 Å². The Morgan fingerprint density at radius 3 is 3.12 bits per heavy atom. The highest BCUT2D eigenvalue weighted by Gasteiger charge is 2.17. The number of ether oxygens (including phenoxy) is 1. The Morgan fingerprint density at radius 1 is 1.53 bits per heavy atom. The van der Waals surface area contributed by atoms with Gasteiger partial charge in [0.1, 0.15) is 5.75 Å². The van der Waals surface area contributed by atoms with Crippen LogP contribution in [0.4, 0.5) is 0 Å². The zero-order valence-electron chi connectivity index (χ0n) is 9.91. The quantitative estimate of drug-likeness (QED) is 0.893. The molecule has 1 atom stereocenters. The van der Waals surface area contributed by atoms with Gasteiger partial charge in [0.15, 0.2) is 0 Å². The van der Waals surface area contributed by atoms with Crippen molar-refractivity contribution in [2.45, 2.75) is 19.1 Å². The number of thioether (sulfide) groups is 1. The lowest BCUT2D eigenvalue weighted by atomic mass is 10.1. The molecule has 0 saturated heterocycles. The Balaban J connectivity index is 2.01. The summed E-state index contributed by atoms with van der Waals surface area (Å²) < 4.78 is 5.65. The van der Waals surface area contributed by atoms with Gasteiger partial charge in [-0.25, -0.2) is 0 Å². The van der Waals surface area contributed by atoms with Crippen molar-refractivity contribution in [3.05, 3.63) is 28.3 Å². The Bertz CT molecular complexity index is 395. The summed E-state index contributed by atoms with van der Waals surface area (Å²) in [7, 11) is 0. The molecule has 1 aliphatic rings. The van der Waals surface area contributed by atoms with Gasteiger partial charge in [-0.1, -0.05) is 18.5 Å². The molecule has 1 aliphatic heterocycles. The second kappa shape index (κ2) is 5.98. The fraction of sp³-hybridized carbons (Fsp3) is 0.538. The lowest BCUT2D eigenvalue weighted by Crippen LogP contribution is -2.03. The van der Waals surface area contributed by atoms with Gasteiger partial charge in [0, 0.05) is 29.4 Å². The molecule has 0 amide bonds. The number of aliphatic hydroxyl groups is 1. The lowest BCUT2D eigenvalue weighted by Gasteiger charge is -2.10. The summed E-state index contributed by atoms with van der Waals surface area (Å²) >= 11 is 7.91. The summed E-state index contributed by atoms with van der Waals surface area (Å²) in [6.45, 7) is 3.06. The zero-order valence-corrected chi connectivity index (χ0v) is 11.5. The van der Waals surface area contributed by atoms with Gasteiger partial charge < -0.3 is 9.84 Å². The summed E-state index contributed by atoms with van der Waals surface area (Å²) in [5.41, 5.74) is 2.41. The number of hydrogen-bond donors (Lipinski definition) is 1. The first-order chi connectivity index (χ1) is 8.20. The molecule has 17 heavy (non-hydrogen) atoms. The van der Waals surface area contributed by atoms with E-state index in [1.807, 2.05) is 30.8 Å². The second-order valence-corrected chi connectivity index (χ2v) is 5.92. The standard InChI is InChI=1S/C13H17ClO2S/c1-9(6-15)7-17-8-11-5-12(14)4-10-2-3-16-13(10)11/h4-5,9,15H,2-3,6-8H2,1H3. The van der Waals surface area contributed by atoms with Crippen LogP contribution in [0.1, 0.15) is 18.1 Å². The molecule has 2 nitrogen and oxygen atoms in total. The highest BCUT2D eigenvalue weighted by atomic mass is 35.5. The molecule has 2 rings (SSSR count). The third-order valence-electron chi connectivity index (χ3n) is 2.80. The van der Waals surface area contributed by atoms with Crippen LogP contribution in [0, 0.1) is 5.92 Å². The van der Waals surface area contributed by atoms with Crippen LogP contribution >= 0.6 is 23.4 Å². The first kappa shape index (κ1) is 13.1. The van der Waals surface area contributed by atoms with Crippen LogP contribution in [-0.2, 0) is 12.2 Å². The van der Waals surface area contributed by atoms with Gasteiger partial charge in [-0.05, 0) is 29.4 Å². The monoisotopic (exact) mass is 272 g/mol. The van der Waals surface area contributed by atoms with Crippen molar-refractivity contribution in [3.63, 3.8) is 0 Å². The molecule has 1 N–H and O–H groups in total. The maximum absolute atomic E-state index is 8.97. The topological polar surface area (TPSA) is 29.5 Å². The van der Waals surface area contributed by atoms with E-state index < -0.39 is 0 Å². The van der Waals surface area contributed by atoms with E-state index in [9.17, 15) is 0 Å². The van der Waals surface area contributed by atoms with Crippen molar-refractivity contribution in [2.75, 3.05) is 19.0 Å². The molecule has 1 heterocycles. The van der Waals surface area contributed by atoms with Crippen molar-refractivity contribution in [1.29, 1.82) is 0 Å². The first-order valence-electron chi connectivity index (χ1n) is 5.83. The maximum atomic E-state index is 8.97. The molecule has 0 fully saturated rings. The van der Waals surface area contributed by atoms with Crippen molar-refractivity contribution in [3.8, 4) is 5.75 Å². The molecule has 1 aromatic carbocycles. The van der Waals surface area contributed by atoms with Crippen LogP contribution in [0.5, 0.6) is 5.75 Å². The highest BCUT2D eigenvalue weighted by Crippen LogP contribution is 2.35.